The molecule has 1 atom stereocenters. The Morgan fingerprint density at radius 3 is 3.09 bits per heavy atom. The topological polar surface area (TPSA) is 51.0 Å². The van der Waals surface area contributed by atoms with Gasteiger partial charge in [-0.2, -0.15) is 4.98 Å². The van der Waals surface area contributed by atoms with E-state index in [2.05, 4.69) is 15.5 Å². The Hall–Kier alpha value is -0.900. The maximum Gasteiger partial charge on any atom is 0.223 e. The summed E-state index contributed by atoms with van der Waals surface area (Å²) in [6.45, 7) is 2.88. The van der Waals surface area contributed by atoms with Crippen LogP contribution in [0.4, 0.5) is 0 Å². The molecule has 2 rings (SSSR count). The number of hydrogen-bond donors (Lipinski definition) is 1. The van der Waals surface area contributed by atoms with Gasteiger partial charge < -0.3 is 9.84 Å². The van der Waals surface area contributed by atoms with Gasteiger partial charge in [-0.25, -0.2) is 0 Å². The van der Waals surface area contributed by atoms with Gasteiger partial charge in [0.2, 0.25) is 5.89 Å². The van der Waals surface area contributed by atoms with E-state index in [1.54, 1.807) is 0 Å². The van der Waals surface area contributed by atoms with Crippen LogP contribution in [0, 0.1) is 6.92 Å². The molecule has 1 aromatic rings. The van der Waals surface area contributed by atoms with Crippen molar-refractivity contribution in [2.24, 2.45) is 0 Å². The Morgan fingerprint density at radius 2 is 2.55 bits per heavy atom. The zero-order valence-corrected chi connectivity index (χ0v) is 6.50. The van der Waals surface area contributed by atoms with Gasteiger partial charge in [0, 0.05) is 6.92 Å². The Bertz CT molecular complexity index is 240. The van der Waals surface area contributed by atoms with Crippen molar-refractivity contribution < 1.29 is 4.52 Å². The van der Waals surface area contributed by atoms with Crippen molar-refractivity contribution in [3.8, 4) is 0 Å². The van der Waals surface area contributed by atoms with Gasteiger partial charge in [0.25, 0.3) is 0 Å². The molecule has 0 radical (unpaired) electrons. The molecular weight excluding hydrogens is 142 g/mol. The van der Waals surface area contributed by atoms with Crippen molar-refractivity contribution >= 4 is 0 Å². The van der Waals surface area contributed by atoms with Crippen molar-refractivity contribution in [3.05, 3.63) is 11.7 Å². The minimum absolute atomic E-state index is 0.326. The number of nitrogens with zero attached hydrogens (tertiary/aromatic N) is 2. The summed E-state index contributed by atoms with van der Waals surface area (Å²) in [4.78, 5) is 4.15. The zero-order chi connectivity index (χ0) is 7.68. The maximum atomic E-state index is 4.88. The number of hydrogen-bond acceptors (Lipinski definition) is 4. The number of nitrogens with one attached hydrogen (secondary N) is 1. The fourth-order valence-corrected chi connectivity index (χ4v) is 1.36. The van der Waals surface area contributed by atoms with Crippen molar-refractivity contribution in [2.45, 2.75) is 25.8 Å². The lowest BCUT2D eigenvalue weighted by molar-refractivity contribution is 0.381. The lowest BCUT2D eigenvalue weighted by atomic mass is 10.2. The largest absolute Gasteiger partial charge is 0.340 e. The summed E-state index contributed by atoms with van der Waals surface area (Å²) < 4.78 is 4.88. The van der Waals surface area contributed by atoms with Crippen molar-refractivity contribution in [1.82, 2.24) is 15.5 Å². The van der Waals surface area contributed by atoms with E-state index in [-0.39, 0.29) is 0 Å². The van der Waals surface area contributed by atoms with Gasteiger partial charge in [-0.05, 0) is 19.4 Å². The molecular formula is C7H11N3O. The van der Waals surface area contributed by atoms with Crippen LogP contribution >= 0.6 is 0 Å². The molecule has 0 aliphatic carbocycles. The SMILES string of the molecule is Cc1nc([C@@H]2CCCN2)no1. The molecule has 0 saturated carbocycles. The van der Waals surface area contributed by atoms with E-state index in [0.29, 0.717) is 11.9 Å². The van der Waals surface area contributed by atoms with Crippen LogP contribution in [0.15, 0.2) is 4.52 Å². The second kappa shape index (κ2) is 2.62. The molecule has 1 fully saturated rings. The van der Waals surface area contributed by atoms with Crippen LogP contribution in [-0.2, 0) is 0 Å². The van der Waals surface area contributed by atoms with Gasteiger partial charge in [0.05, 0.1) is 6.04 Å². The van der Waals surface area contributed by atoms with Crippen LogP contribution in [0.1, 0.15) is 30.6 Å². The lowest BCUT2D eigenvalue weighted by Gasteiger charge is -2.01. The fourth-order valence-electron chi connectivity index (χ4n) is 1.36. The third-order valence-corrected chi connectivity index (χ3v) is 1.92. The van der Waals surface area contributed by atoms with Gasteiger partial charge in [-0.1, -0.05) is 5.16 Å². The predicted molar refractivity (Wildman–Crippen MR) is 39.0 cm³/mol. The second-order valence-corrected chi connectivity index (χ2v) is 2.82. The molecule has 1 N–H and O–H groups in total. The summed E-state index contributed by atoms with van der Waals surface area (Å²) in [5, 5.41) is 7.15. The second-order valence-electron chi connectivity index (χ2n) is 2.82. The summed E-state index contributed by atoms with van der Waals surface area (Å²) in [6.07, 6.45) is 2.33. The highest BCUT2D eigenvalue weighted by atomic mass is 16.5. The van der Waals surface area contributed by atoms with Crippen LogP contribution in [0.2, 0.25) is 0 Å². The van der Waals surface area contributed by atoms with E-state index in [1.165, 1.54) is 6.42 Å². The quantitative estimate of drug-likeness (QED) is 0.648. The molecule has 0 spiro atoms. The van der Waals surface area contributed by atoms with Crippen molar-refractivity contribution in [3.63, 3.8) is 0 Å². The van der Waals surface area contributed by atoms with Gasteiger partial charge in [0.1, 0.15) is 0 Å². The van der Waals surface area contributed by atoms with Gasteiger partial charge >= 0.3 is 0 Å². The zero-order valence-electron chi connectivity index (χ0n) is 6.50. The first-order valence-electron chi connectivity index (χ1n) is 3.90. The van der Waals surface area contributed by atoms with Crippen molar-refractivity contribution in [2.75, 3.05) is 6.54 Å². The van der Waals surface area contributed by atoms with E-state index < -0.39 is 0 Å². The van der Waals surface area contributed by atoms with Gasteiger partial charge in [-0.3, -0.25) is 0 Å². The first-order chi connectivity index (χ1) is 5.36. The highest BCUT2D eigenvalue weighted by Crippen LogP contribution is 2.19. The minimum atomic E-state index is 0.326. The average molecular weight is 153 g/mol. The first-order valence-corrected chi connectivity index (χ1v) is 3.90. The van der Waals surface area contributed by atoms with E-state index >= 15 is 0 Å². The highest BCUT2D eigenvalue weighted by Gasteiger charge is 2.20. The molecule has 1 aliphatic rings. The first kappa shape index (κ1) is 6.79. The Morgan fingerprint density at radius 1 is 1.64 bits per heavy atom. The van der Waals surface area contributed by atoms with Crippen LogP contribution in [-0.4, -0.2) is 16.7 Å². The lowest BCUT2D eigenvalue weighted by Crippen LogP contribution is -2.14. The third-order valence-electron chi connectivity index (χ3n) is 1.92. The summed E-state index contributed by atoms with van der Waals surface area (Å²) in [5.74, 6) is 1.45. The van der Waals surface area contributed by atoms with Crippen LogP contribution in [0.5, 0.6) is 0 Å². The monoisotopic (exact) mass is 153 g/mol. The summed E-state index contributed by atoms with van der Waals surface area (Å²) in [5.41, 5.74) is 0. The minimum Gasteiger partial charge on any atom is -0.340 e. The molecule has 0 unspecified atom stereocenters. The third kappa shape index (κ3) is 1.26. The number of aromatic nitrogens is 2. The van der Waals surface area contributed by atoms with Gasteiger partial charge in [-0.15, -0.1) is 0 Å². The number of rotatable bonds is 1. The van der Waals surface area contributed by atoms with E-state index in [0.717, 1.165) is 18.8 Å². The molecule has 1 aromatic heterocycles. The van der Waals surface area contributed by atoms with E-state index in [9.17, 15) is 0 Å². The van der Waals surface area contributed by atoms with Crippen LogP contribution < -0.4 is 5.32 Å². The standard InChI is InChI=1S/C7H11N3O/c1-5-9-7(10-11-5)6-3-2-4-8-6/h6,8H,2-4H2,1H3/t6-/m0/s1. The smallest absolute Gasteiger partial charge is 0.223 e. The predicted octanol–water partition coefficient (Wildman–Crippen LogP) is 0.803. The Labute approximate surface area is 65.0 Å². The Balaban J connectivity index is 2.15. The molecule has 0 amide bonds. The molecule has 60 valence electrons. The normalized spacial score (nSPS) is 24.3. The van der Waals surface area contributed by atoms with Crippen LogP contribution in [0.25, 0.3) is 0 Å². The molecule has 11 heavy (non-hydrogen) atoms. The summed E-state index contributed by atoms with van der Waals surface area (Å²) in [7, 11) is 0. The van der Waals surface area contributed by atoms with Crippen molar-refractivity contribution in [1.29, 1.82) is 0 Å². The van der Waals surface area contributed by atoms with Gasteiger partial charge in [0.15, 0.2) is 5.82 Å². The molecule has 0 aromatic carbocycles. The van der Waals surface area contributed by atoms with E-state index in [4.69, 9.17) is 4.52 Å². The fraction of sp³-hybridized carbons (Fsp3) is 0.714. The maximum absolute atomic E-state index is 4.88. The average Bonchev–Trinajstić information content (AvgIpc) is 2.55. The number of aryl methyl sites for hydroxylation is 1. The molecule has 0 bridgehead atoms. The van der Waals surface area contributed by atoms with Crippen LogP contribution in [0.3, 0.4) is 0 Å². The molecule has 2 heterocycles. The Kier molecular flexibility index (Phi) is 1.62. The van der Waals surface area contributed by atoms with E-state index in [1.807, 2.05) is 6.92 Å². The molecule has 1 saturated heterocycles. The summed E-state index contributed by atoms with van der Waals surface area (Å²) >= 11 is 0. The highest BCUT2D eigenvalue weighted by molar-refractivity contribution is 4.95. The molecule has 4 nitrogen and oxygen atoms in total. The molecule has 4 heteroatoms. The molecule has 1 aliphatic heterocycles. The summed E-state index contributed by atoms with van der Waals surface area (Å²) in [6, 6.07) is 0.326.